The highest BCUT2D eigenvalue weighted by molar-refractivity contribution is 7.89. The number of ketones is 1. The van der Waals surface area contributed by atoms with E-state index in [1.807, 2.05) is 0 Å². The molecule has 0 spiro atoms. The zero-order chi connectivity index (χ0) is 15.0. The van der Waals surface area contributed by atoms with Crippen LogP contribution < -0.4 is 4.72 Å². The van der Waals surface area contributed by atoms with Gasteiger partial charge in [0.05, 0.1) is 17.9 Å². The van der Waals surface area contributed by atoms with Gasteiger partial charge < -0.3 is 0 Å². The summed E-state index contributed by atoms with van der Waals surface area (Å²) >= 11 is 0. The molecular weight excluding hydrogens is 266 g/mol. The zero-order valence-corrected chi connectivity index (χ0v) is 13.1. The number of aromatic nitrogens is 2. The Bertz CT molecular complexity index is 594. The van der Waals surface area contributed by atoms with Crippen molar-refractivity contribution in [2.45, 2.75) is 39.5 Å². The topological polar surface area (TPSA) is 81.1 Å². The SMILES string of the molecule is Cc1nn(C)c(C)c1S(=O)(=O)NCC(=O)C(C)(C)C. The van der Waals surface area contributed by atoms with Gasteiger partial charge in [0, 0.05) is 12.5 Å². The summed E-state index contributed by atoms with van der Waals surface area (Å²) in [7, 11) is -2.03. The van der Waals surface area contributed by atoms with Crippen LogP contribution in [0.4, 0.5) is 0 Å². The van der Waals surface area contributed by atoms with Crippen molar-refractivity contribution in [1.29, 1.82) is 0 Å². The third-order valence-corrected chi connectivity index (χ3v) is 4.62. The summed E-state index contributed by atoms with van der Waals surface area (Å²) in [5.74, 6) is -0.157. The Morgan fingerprint density at radius 1 is 1.32 bits per heavy atom. The van der Waals surface area contributed by atoms with Gasteiger partial charge in [-0.1, -0.05) is 20.8 Å². The minimum absolute atomic E-state index is 0.150. The maximum absolute atomic E-state index is 12.2. The van der Waals surface area contributed by atoms with Crippen molar-refractivity contribution in [3.05, 3.63) is 11.4 Å². The normalized spacial score (nSPS) is 12.7. The summed E-state index contributed by atoms with van der Waals surface area (Å²) < 4.78 is 28.3. The first-order valence-corrected chi connectivity index (χ1v) is 7.48. The van der Waals surface area contributed by atoms with Crippen molar-refractivity contribution in [3.63, 3.8) is 0 Å². The molecule has 0 fully saturated rings. The van der Waals surface area contributed by atoms with Crippen molar-refractivity contribution in [1.82, 2.24) is 14.5 Å². The van der Waals surface area contributed by atoms with Gasteiger partial charge >= 0.3 is 0 Å². The summed E-state index contributed by atoms with van der Waals surface area (Å²) in [6.07, 6.45) is 0. The molecule has 1 heterocycles. The van der Waals surface area contributed by atoms with Crippen LogP contribution in [0.15, 0.2) is 4.90 Å². The average molecular weight is 287 g/mol. The predicted octanol–water partition coefficient (Wildman–Crippen LogP) is 0.930. The van der Waals surface area contributed by atoms with Gasteiger partial charge in [-0.05, 0) is 13.8 Å². The summed E-state index contributed by atoms with van der Waals surface area (Å²) in [4.78, 5) is 11.9. The van der Waals surface area contributed by atoms with Crippen LogP contribution in [0.1, 0.15) is 32.2 Å². The molecule has 0 aliphatic heterocycles. The quantitative estimate of drug-likeness (QED) is 0.893. The molecule has 0 bridgehead atoms. The van der Waals surface area contributed by atoms with Crippen LogP contribution in [0.5, 0.6) is 0 Å². The summed E-state index contributed by atoms with van der Waals surface area (Å²) in [5, 5.41) is 4.07. The predicted molar refractivity (Wildman–Crippen MR) is 72.3 cm³/mol. The average Bonchev–Trinajstić information content (AvgIpc) is 2.48. The van der Waals surface area contributed by atoms with Gasteiger partial charge in [0.25, 0.3) is 0 Å². The summed E-state index contributed by atoms with van der Waals surface area (Å²) in [6, 6.07) is 0. The molecular formula is C12H21N3O3S. The lowest BCUT2D eigenvalue weighted by atomic mass is 9.91. The van der Waals surface area contributed by atoms with E-state index < -0.39 is 15.4 Å². The number of nitrogens with one attached hydrogen (secondary N) is 1. The van der Waals surface area contributed by atoms with E-state index in [4.69, 9.17) is 0 Å². The Morgan fingerprint density at radius 3 is 2.21 bits per heavy atom. The molecule has 0 atom stereocenters. The fraction of sp³-hybridized carbons (Fsp3) is 0.667. The number of carbonyl (C=O) groups excluding carboxylic acids is 1. The van der Waals surface area contributed by atoms with Crippen LogP contribution in [0, 0.1) is 19.3 Å². The van der Waals surface area contributed by atoms with Crippen molar-refractivity contribution >= 4 is 15.8 Å². The first-order valence-electron chi connectivity index (χ1n) is 6.00. The van der Waals surface area contributed by atoms with E-state index in [0.29, 0.717) is 11.4 Å². The first-order chi connectivity index (χ1) is 8.47. The second-order valence-electron chi connectivity index (χ2n) is 5.62. The molecule has 0 saturated carbocycles. The molecule has 0 aliphatic carbocycles. The first kappa shape index (κ1) is 15.8. The molecule has 1 aromatic rings. The highest BCUT2D eigenvalue weighted by Gasteiger charge is 2.27. The second kappa shape index (κ2) is 5.05. The zero-order valence-electron chi connectivity index (χ0n) is 12.2. The van der Waals surface area contributed by atoms with Gasteiger partial charge in [0.2, 0.25) is 10.0 Å². The van der Waals surface area contributed by atoms with E-state index in [0.717, 1.165) is 0 Å². The number of rotatable bonds is 4. The lowest BCUT2D eigenvalue weighted by Crippen LogP contribution is -2.35. The highest BCUT2D eigenvalue weighted by Crippen LogP contribution is 2.19. The molecule has 108 valence electrons. The molecule has 1 aromatic heterocycles. The van der Waals surface area contributed by atoms with Crippen molar-refractivity contribution in [2.75, 3.05) is 6.54 Å². The second-order valence-corrected chi connectivity index (χ2v) is 7.33. The molecule has 0 unspecified atom stereocenters. The third kappa shape index (κ3) is 3.42. The fourth-order valence-electron chi connectivity index (χ4n) is 1.64. The van der Waals surface area contributed by atoms with Gasteiger partial charge in [0.1, 0.15) is 4.90 Å². The van der Waals surface area contributed by atoms with Crippen LogP contribution in [0.3, 0.4) is 0 Å². The monoisotopic (exact) mass is 287 g/mol. The van der Waals surface area contributed by atoms with Crippen molar-refractivity contribution in [2.24, 2.45) is 12.5 Å². The van der Waals surface area contributed by atoms with Crippen molar-refractivity contribution < 1.29 is 13.2 Å². The number of hydrogen-bond acceptors (Lipinski definition) is 4. The number of nitrogens with zero attached hydrogens (tertiary/aromatic N) is 2. The Hall–Kier alpha value is -1.21. The smallest absolute Gasteiger partial charge is 0.244 e. The molecule has 1 rings (SSSR count). The minimum Gasteiger partial charge on any atom is -0.298 e. The molecule has 7 heteroatoms. The molecule has 1 N–H and O–H groups in total. The number of Topliss-reactive ketones (excluding diaryl/α,β-unsaturated/α-hetero) is 1. The van der Waals surface area contributed by atoms with Gasteiger partial charge in [-0.3, -0.25) is 9.48 Å². The Labute approximate surface area is 114 Å². The number of aryl methyl sites for hydroxylation is 2. The van der Waals surface area contributed by atoms with Crippen LogP contribution in [0.25, 0.3) is 0 Å². The molecule has 0 amide bonds. The van der Waals surface area contributed by atoms with Crippen LogP contribution in [-0.2, 0) is 21.9 Å². The van der Waals surface area contributed by atoms with E-state index in [-0.39, 0.29) is 17.2 Å². The fourth-order valence-corrected chi connectivity index (χ4v) is 3.06. The van der Waals surface area contributed by atoms with E-state index >= 15 is 0 Å². The summed E-state index contributed by atoms with van der Waals surface area (Å²) in [5.41, 5.74) is 0.408. The molecule has 0 aromatic carbocycles. The maximum atomic E-state index is 12.2. The largest absolute Gasteiger partial charge is 0.298 e. The van der Waals surface area contributed by atoms with E-state index in [9.17, 15) is 13.2 Å². The Morgan fingerprint density at radius 2 is 1.84 bits per heavy atom. The Balaban J connectivity index is 2.98. The van der Waals surface area contributed by atoms with E-state index in [1.165, 1.54) is 4.68 Å². The van der Waals surface area contributed by atoms with Gasteiger partial charge in [-0.2, -0.15) is 5.10 Å². The van der Waals surface area contributed by atoms with Gasteiger partial charge in [-0.15, -0.1) is 0 Å². The third-order valence-electron chi connectivity index (χ3n) is 2.97. The number of sulfonamides is 1. The molecule has 6 nitrogen and oxygen atoms in total. The van der Waals surface area contributed by atoms with Crippen LogP contribution in [-0.4, -0.2) is 30.5 Å². The van der Waals surface area contributed by atoms with Crippen molar-refractivity contribution in [3.8, 4) is 0 Å². The number of hydrogen-bond donors (Lipinski definition) is 1. The molecule has 0 radical (unpaired) electrons. The van der Waals surface area contributed by atoms with Gasteiger partial charge in [0.15, 0.2) is 5.78 Å². The lowest BCUT2D eigenvalue weighted by Gasteiger charge is -2.16. The standard InChI is InChI=1S/C12H21N3O3S/c1-8-11(9(2)15(6)14-8)19(17,18)13-7-10(16)12(3,4)5/h13H,7H2,1-6H3. The Kier molecular flexibility index (Phi) is 4.21. The molecule has 0 aliphatic rings. The highest BCUT2D eigenvalue weighted by atomic mass is 32.2. The van der Waals surface area contributed by atoms with Gasteiger partial charge in [-0.25, -0.2) is 13.1 Å². The van der Waals surface area contributed by atoms with Crippen LogP contribution in [0.2, 0.25) is 0 Å². The molecule has 19 heavy (non-hydrogen) atoms. The van der Waals surface area contributed by atoms with Crippen LogP contribution >= 0.6 is 0 Å². The lowest BCUT2D eigenvalue weighted by molar-refractivity contribution is -0.125. The maximum Gasteiger partial charge on any atom is 0.244 e. The van der Waals surface area contributed by atoms with E-state index in [2.05, 4.69) is 9.82 Å². The summed E-state index contributed by atoms with van der Waals surface area (Å²) in [6.45, 7) is 8.37. The molecule has 0 saturated heterocycles. The number of carbonyl (C=O) groups is 1. The van der Waals surface area contributed by atoms with E-state index in [1.54, 1.807) is 41.7 Å². The minimum atomic E-state index is -3.71.